The second-order valence-corrected chi connectivity index (χ2v) is 8.45. The van der Waals surface area contributed by atoms with Gasteiger partial charge in [-0.05, 0) is 55.3 Å². The first-order chi connectivity index (χ1) is 17.0. The number of amides is 3. The maximum Gasteiger partial charge on any atom is 0.290 e. The molecule has 0 saturated heterocycles. The van der Waals surface area contributed by atoms with Gasteiger partial charge >= 0.3 is 0 Å². The average molecular weight is 472 g/mol. The number of furan rings is 1. The molecule has 9 heteroatoms. The molecule has 2 N–H and O–H groups in total. The van der Waals surface area contributed by atoms with Gasteiger partial charge in [0.25, 0.3) is 17.7 Å². The summed E-state index contributed by atoms with van der Waals surface area (Å²) in [5, 5.41) is 0. The zero-order valence-corrected chi connectivity index (χ0v) is 19.4. The Bertz CT molecular complexity index is 1420. The van der Waals surface area contributed by atoms with Gasteiger partial charge in [0.1, 0.15) is 11.9 Å². The first-order valence-corrected chi connectivity index (χ1v) is 11.4. The number of nitrogens with zero attached hydrogens (tertiary/aromatic N) is 3. The standard InChI is InChI=1S/C26H25N5O4/c1-3-30-16(2)27-20-13-18(10-11-21(20)30)24(32)28-29-25(33)22-14-17-7-4-5-8-19(17)15-31(22)26(34)23-9-6-12-35-23/h4-13,22H,3,14-15H2,1-2H3,(H,28,32)(H,29,33)/t22-/m0/s1. The summed E-state index contributed by atoms with van der Waals surface area (Å²) in [5.41, 5.74) is 8.95. The van der Waals surface area contributed by atoms with Crippen LogP contribution in [-0.4, -0.2) is 38.2 Å². The molecule has 0 bridgehead atoms. The summed E-state index contributed by atoms with van der Waals surface area (Å²) >= 11 is 0. The van der Waals surface area contributed by atoms with Gasteiger partial charge in [0, 0.05) is 25.1 Å². The maximum atomic E-state index is 13.2. The lowest BCUT2D eigenvalue weighted by Gasteiger charge is -2.35. The number of rotatable bonds is 4. The van der Waals surface area contributed by atoms with Crippen molar-refractivity contribution in [3.05, 3.63) is 89.1 Å². The molecule has 178 valence electrons. The van der Waals surface area contributed by atoms with E-state index in [4.69, 9.17) is 4.42 Å². The third-order valence-electron chi connectivity index (χ3n) is 6.36. The number of hydrazine groups is 1. The molecule has 0 unspecified atom stereocenters. The third-order valence-corrected chi connectivity index (χ3v) is 6.36. The van der Waals surface area contributed by atoms with E-state index in [1.165, 1.54) is 11.2 Å². The normalized spacial score (nSPS) is 15.0. The zero-order valence-electron chi connectivity index (χ0n) is 19.4. The molecule has 0 saturated carbocycles. The average Bonchev–Trinajstić information content (AvgIpc) is 3.52. The largest absolute Gasteiger partial charge is 0.459 e. The summed E-state index contributed by atoms with van der Waals surface area (Å²) in [6.45, 7) is 4.99. The topological polar surface area (TPSA) is 109 Å². The van der Waals surface area contributed by atoms with E-state index in [9.17, 15) is 14.4 Å². The fraction of sp³-hybridized carbons (Fsp3) is 0.231. The lowest BCUT2D eigenvalue weighted by Crippen LogP contribution is -2.56. The summed E-state index contributed by atoms with van der Waals surface area (Å²) in [4.78, 5) is 45.0. The van der Waals surface area contributed by atoms with Crippen LogP contribution in [0.15, 0.2) is 65.3 Å². The Balaban J connectivity index is 1.33. The second kappa shape index (κ2) is 9.09. The maximum absolute atomic E-state index is 13.2. The molecular formula is C26H25N5O4. The van der Waals surface area contributed by atoms with E-state index in [1.807, 2.05) is 44.2 Å². The summed E-state index contributed by atoms with van der Waals surface area (Å²) in [5.74, 6) is -0.319. The number of aryl methyl sites for hydroxylation is 2. The monoisotopic (exact) mass is 471 g/mol. The van der Waals surface area contributed by atoms with Crippen LogP contribution < -0.4 is 10.9 Å². The first kappa shape index (κ1) is 22.4. The predicted octanol–water partition coefficient (Wildman–Crippen LogP) is 2.99. The van der Waals surface area contributed by atoms with Gasteiger partial charge in [-0.3, -0.25) is 25.2 Å². The first-order valence-electron chi connectivity index (χ1n) is 11.4. The molecule has 0 radical (unpaired) electrons. The fourth-order valence-corrected chi connectivity index (χ4v) is 4.58. The van der Waals surface area contributed by atoms with E-state index in [2.05, 4.69) is 20.4 Å². The van der Waals surface area contributed by atoms with Crippen LogP contribution in [0.3, 0.4) is 0 Å². The SMILES string of the molecule is CCn1c(C)nc2cc(C(=O)NNC(=O)[C@@H]3Cc4ccccc4CN3C(=O)c3ccco3)ccc21. The van der Waals surface area contributed by atoms with Crippen molar-refractivity contribution in [2.75, 3.05) is 0 Å². The highest BCUT2D eigenvalue weighted by Gasteiger charge is 2.36. The van der Waals surface area contributed by atoms with Crippen LogP contribution in [0.25, 0.3) is 11.0 Å². The minimum atomic E-state index is -0.812. The lowest BCUT2D eigenvalue weighted by molar-refractivity contribution is -0.127. The molecule has 3 amide bonds. The highest BCUT2D eigenvalue weighted by atomic mass is 16.3. The van der Waals surface area contributed by atoms with Crippen LogP contribution in [0.2, 0.25) is 0 Å². The summed E-state index contributed by atoms with van der Waals surface area (Å²) in [7, 11) is 0. The van der Waals surface area contributed by atoms with Gasteiger partial charge in [-0.2, -0.15) is 0 Å². The molecule has 0 spiro atoms. The van der Waals surface area contributed by atoms with Crippen molar-refractivity contribution in [1.29, 1.82) is 0 Å². The van der Waals surface area contributed by atoms with Gasteiger partial charge in [0.2, 0.25) is 0 Å². The molecule has 0 aliphatic carbocycles. The van der Waals surface area contributed by atoms with Crippen molar-refractivity contribution in [3.63, 3.8) is 0 Å². The van der Waals surface area contributed by atoms with Crippen LogP contribution in [0.4, 0.5) is 0 Å². The van der Waals surface area contributed by atoms with E-state index in [0.29, 0.717) is 17.5 Å². The zero-order chi connectivity index (χ0) is 24.5. The minimum absolute atomic E-state index is 0.154. The summed E-state index contributed by atoms with van der Waals surface area (Å²) in [6.07, 6.45) is 1.74. The third kappa shape index (κ3) is 4.16. The smallest absolute Gasteiger partial charge is 0.290 e. The van der Waals surface area contributed by atoms with Crippen molar-refractivity contribution < 1.29 is 18.8 Å². The quantitative estimate of drug-likeness (QED) is 0.445. The highest BCUT2D eigenvalue weighted by Crippen LogP contribution is 2.25. The molecule has 3 heterocycles. The van der Waals surface area contributed by atoms with Crippen LogP contribution in [-0.2, 0) is 24.3 Å². The Labute approximate surface area is 201 Å². The van der Waals surface area contributed by atoms with Crippen molar-refractivity contribution in [2.24, 2.45) is 0 Å². The molecule has 9 nitrogen and oxygen atoms in total. The van der Waals surface area contributed by atoms with Crippen molar-refractivity contribution in [3.8, 4) is 0 Å². The van der Waals surface area contributed by atoms with Crippen molar-refractivity contribution in [1.82, 2.24) is 25.3 Å². The van der Waals surface area contributed by atoms with Gasteiger partial charge in [0.15, 0.2) is 5.76 Å². The Hall–Kier alpha value is -4.40. The fourth-order valence-electron chi connectivity index (χ4n) is 4.58. The number of hydrogen-bond acceptors (Lipinski definition) is 5. The second-order valence-electron chi connectivity index (χ2n) is 8.45. The Morgan fingerprint density at radius 2 is 1.86 bits per heavy atom. The number of fused-ring (bicyclic) bond motifs is 2. The van der Waals surface area contributed by atoms with Crippen LogP contribution in [0.1, 0.15) is 44.8 Å². The highest BCUT2D eigenvalue weighted by molar-refractivity contribution is 6.00. The Kier molecular flexibility index (Phi) is 5.82. The molecule has 2 aromatic carbocycles. The van der Waals surface area contributed by atoms with Gasteiger partial charge in [-0.25, -0.2) is 4.98 Å². The molecule has 5 rings (SSSR count). The number of imidazole rings is 1. The number of benzene rings is 2. The number of aromatic nitrogens is 2. The van der Waals surface area contributed by atoms with Gasteiger partial charge in [-0.15, -0.1) is 0 Å². The molecule has 1 aliphatic rings. The number of nitrogens with one attached hydrogen (secondary N) is 2. The van der Waals surface area contributed by atoms with E-state index < -0.39 is 17.9 Å². The van der Waals surface area contributed by atoms with Crippen molar-refractivity contribution >= 4 is 28.8 Å². The molecule has 0 fully saturated rings. The van der Waals surface area contributed by atoms with E-state index in [0.717, 1.165) is 29.0 Å². The van der Waals surface area contributed by atoms with E-state index >= 15 is 0 Å². The molecule has 2 aromatic heterocycles. The molecule has 1 atom stereocenters. The van der Waals surface area contributed by atoms with Crippen LogP contribution >= 0.6 is 0 Å². The van der Waals surface area contributed by atoms with Crippen LogP contribution in [0, 0.1) is 6.92 Å². The van der Waals surface area contributed by atoms with E-state index in [-0.39, 0.29) is 18.2 Å². The van der Waals surface area contributed by atoms with Gasteiger partial charge in [0.05, 0.1) is 17.3 Å². The van der Waals surface area contributed by atoms with Crippen LogP contribution in [0.5, 0.6) is 0 Å². The van der Waals surface area contributed by atoms with Crippen molar-refractivity contribution in [2.45, 2.75) is 39.4 Å². The molecule has 35 heavy (non-hydrogen) atoms. The Morgan fingerprint density at radius 3 is 2.60 bits per heavy atom. The molecule has 4 aromatic rings. The summed E-state index contributed by atoms with van der Waals surface area (Å²) < 4.78 is 7.33. The van der Waals surface area contributed by atoms with E-state index in [1.54, 1.807) is 24.3 Å². The lowest BCUT2D eigenvalue weighted by atomic mass is 9.93. The molecule has 1 aliphatic heterocycles. The van der Waals surface area contributed by atoms with Gasteiger partial charge < -0.3 is 13.9 Å². The summed E-state index contributed by atoms with van der Waals surface area (Å²) in [6, 6.07) is 15.3. The number of hydrogen-bond donors (Lipinski definition) is 2. The number of carbonyl (C=O) groups is 3. The van der Waals surface area contributed by atoms with Gasteiger partial charge in [-0.1, -0.05) is 24.3 Å². The minimum Gasteiger partial charge on any atom is -0.459 e. The predicted molar refractivity (Wildman–Crippen MR) is 128 cm³/mol. The Morgan fingerprint density at radius 1 is 1.06 bits per heavy atom. The molecular weight excluding hydrogens is 446 g/mol. The number of carbonyl (C=O) groups excluding carboxylic acids is 3.